The van der Waals surface area contributed by atoms with E-state index >= 15 is 0 Å². The number of nitrogens with zero attached hydrogens (tertiary/aromatic N) is 1. The largest absolute Gasteiger partial charge is 0.478 e. The molecule has 1 aromatic carbocycles. The second kappa shape index (κ2) is 7.42. The number of hydrogen-bond acceptors (Lipinski definition) is 4. The SMILES string of the molecule is CCCN(CC)C(=O)c1cc(C(=O)O)cc(C(=O)OC)c1. The topological polar surface area (TPSA) is 83.9 Å². The standard InChI is InChI=1S/C15H19NO5/c1-4-6-16(5-2)13(17)10-7-11(14(18)19)9-12(8-10)15(20)21-3/h7-9H,4-6H2,1-3H3,(H,18,19). The lowest BCUT2D eigenvalue weighted by Gasteiger charge is -2.20. The number of carbonyl (C=O) groups is 3. The molecule has 1 amide bonds. The average Bonchev–Trinajstić information content (AvgIpc) is 2.50. The van der Waals surface area contributed by atoms with Crippen LogP contribution < -0.4 is 0 Å². The quantitative estimate of drug-likeness (QED) is 0.811. The highest BCUT2D eigenvalue weighted by molar-refractivity contribution is 6.01. The van der Waals surface area contributed by atoms with Gasteiger partial charge in [-0.15, -0.1) is 0 Å². The van der Waals surface area contributed by atoms with Gasteiger partial charge in [0.1, 0.15) is 0 Å². The van der Waals surface area contributed by atoms with Gasteiger partial charge in [0.25, 0.3) is 5.91 Å². The first-order valence-corrected chi connectivity index (χ1v) is 6.70. The zero-order valence-electron chi connectivity index (χ0n) is 12.4. The van der Waals surface area contributed by atoms with Crippen LogP contribution in [0.3, 0.4) is 0 Å². The lowest BCUT2D eigenvalue weighted by Crippen LogP contribution is -2.31. The second-order valence-electron chi connectivity index (χ2n) is 4.48. The number of hydrogen-bond donors (Lipinski definition) is 1. The van der Waals surface area contributed by atoms with Crippen molar-refractivity contribution in [3.8, 4) is 0 Å². The molecule has 6 heteroatoms. The van der Waals surface area contributed by atoms with Gasteiger partial charge in [0.15, 0.2) is 0 Å². The van der Waals surface area contributed by atoms with Crippen LogP contribution in [0.2, 0.25) is 0 Å². The molecule has 114 valence electrons. The predicted octanol–water partition coefficient (Wildman–Crippen LogP) is 2.04. The number of benzene rings is 1. The van der Waals surface area contributed by atoms with Crippen molar-refractivity contribution in [1.82, 2.24) is 4.90 Å². The zero-order chi connectivity index (χ0) is 16.0. The molecule has 1 rings (SSSR count). The van der Waals surface area contributed by atoms with Gasteiger partial charge in [-0.25, -0.2) is 9.59 Å². The van der Waals surface area contributed by atoms with E-state index in [4.69, 9.17) is 5.11 Å². The maximum absolute atomic E-state index is 12.4. The Morgan fingerprint density at radius 2 is 1.67 bits per heavy atom. The molecule has 0 saturated heterocycles. The molecule has 0 saturated carbocycles. The van der Waals surface area contributed by atoms with Crippen LogP contribution in [0.5, 0.6) is 0 Å². The monoisotopic (exact) mass is 293 g/mol. The summed E-state index contributed by atoms with van der Waals surface area (Å²) >= 11 is 0. The maximum Gasteiger partial charge on any atom is 0.337 e. The van der Waals surface area contributed by atoms with E-state index in [0.717, 1.165) is 6.42 Å². The molecule has 0 bridgehead atoms. The second-order valence-corrected chi connectivity index (χ2v) is 4.48. The number of carboxylic acids is 1. The fraction of sp³-hybridized carbons (Fsp3) is 0.400. The van der Waals surface area contributed by atoms with Gasteiger partial charge in [-0.2, -0.15) is 0 Å². The minimum Gasteiger partial charge on any atom is -0.478 e. The summed E-state index contributed by atoms with van der Waals surface area (Å²) in [6.07, 6.45) is 0.794. The summed E-state index contributed by atoms with van der Waals surface area (Å²) in [5.41, 5.74) is 0.104. The van der Waals surface area contributed by atoms with E-state index in [-0.39, 0.29) is 22.6 Å². The number of ether oxygens (including phenoxy) is 1. The molecule has 0 aliphatic rings. The Kier molecular flexibility index (Phi) is 5.90. The number of rotatable bonds is 6. The van der Waals surface area contributed by atoms with Crippen molar-refractivity contribution in [3.63, 3.8) is 0 Å². The Morgan fingerprint density at radius 1 is 1.10 bits per heavy atom. The molecule has 21 heavy (non-hydrogen) atoms. The van der Waals surface area contributed by atoms with Gasteiger partial charge < -0.3 is 14.7 Å². The third-order valence-corrected chi connectivity index (χ3v) is 3.01. The van der Waals surface area contributed by atoms with Crippen molar-refractivity contribution in [3.05, 3.63) is 34.9 Å². The summed E-state index contributed by atoms with van der Waals surface area (Å²) < 4.78 is 4.58. The number of carbonyl (C=O) groups excluding carboxylic acids is 2. The van der Waals surface area contributed by atoms with Crippen molar-refractivity contribution in [2.75, 3.05) is 20.2 Å². The molecule has 0 unspecified atom stereocenters. The van der Waals surface area contributed by atoms with Gasteiger partial charge in [-0.1, -0.05) is 6.92 Å². The van der Waals surface area contributed by atoms with E-state index < -0.39 is 11.9 Å². The molecule has 0 aliphatic heterocycles. The van der Waals surface area contributed by atoms with E-state index in [0.29, 0.717) is 13.1 Å². The van der Waals surface area contributed by atoms with Crippen LogP contribution in [-0.4, -0.2) is 48.1 Å². The minimum atomic E-state index is -1.20. The Labute approximate surface area is 123 Å². The third-order valence-electron chi connectivity index (χ3n) is 3.01. The molecule has 0 aliphatic carbocycles. The number of carboxylic acid groups (broad SMARTS) is 1. The Hall–Kier alpha value is -2.37. The smallest absolute Gasteiger partial charge is 0.337 e. The highest BCUT2D eigenvalue weighted by Gasteiger charge is 2.19. The summed E-state index contributed by atoms with van der Waals surface area (Å²) in [4.78, 5) is 36.7. The number of methoxy groups -OCH3 is 1. The minimum absolute atomic E-state index is 0.0494. The van der Waals surface area contributed by atoms with Crippen molar-refractivity contribution in [1.29, 1.82) is 0 Å². The molecule has 0 atom stereocenters. The van der Waals surface area contributed by atoms with E-state index in [9.17, 15) is 14.4 Å². The molecule has 0 radical (unpaired) electrons. The molecular weight excluding hydrogens is 274 g/mol. The lowest BCUT2D eigenvalue weighted by molar-refractivity contribution is 0.0600. The van der Waals surface area contributed by atoms with Crippen LogP contribution >= 0.6 is 0 Å². The number of esters is 1. The van der Waals surface area contributed by atoms with Crippen LogP contribution in [-0.2, 0) is 4.74 Å². The normalized spacial score (nSPS) is 10.0. The zero-order valence-corrected chi connectivity index (χ0v) is 12.4. The maximum atomic E-state index is 12.4. The van der Waals surface area contributed by atoms with Crippen LogP contribution in [0.1, 0.15) is 51.3 Å². The first-order valence-electron chi connectivity index (χ1n) is 6.70. The van der Waals surface area contributed by atoms with Crippen molar-refractivity contribution in [2.45, 2.75) is 20.3 Å². The summed E-state index contributed by atoms with van der Waals surface area (Å²) in [5, 5.41) is 9.09. The van der Waals surface area contributed by atoms with Crippen molar-refractivity contribution >= 4 is 17.8 Å². The Bertz CT molecular complexity index is 553. The molecule has 1 aromatic rings. The van der Waals surface area contributed by atoms with E-state index in [2.05, 4.69) is 4.74 Å². The molecule has 0 spiro atoms. The van der Waals surface area contributed by atoms with E-state index in [1.165, 1.54) is 25.3 Å². The van der Waals surface area contributed by atoms with Crippen molar-refractivity contribution in [2.24, 2.45) is 0 Å². The van der Waals surface area contributed by atoms with E-state index in [1.807, 2.05) is 13.8 Å². The third kappa shape index (κ3) is 4.05. The molecule has 1 N–H and O–H groups in total. The van der Waals surface area contributed by atoms with Gasteiger partial charge in [0.2, 0.25) is 0 Å². The highest BCUT2D eigenvalue weighted by atomic mass is 16.5. The van der Waals surface area contributed by atoms with Crippen LogP contribution in [0.4, 0.5) is 0 Å². The Morgan fingerprint density at radius 3 is 2.14 bits per heavy atom. The number of amides is 1. The van der Waals surface area contributed by atoms with Gasteiger partial charge in [0, 0.05) is 18.7 Å². The fourth-order valence-electron chi connectivity index (χ4n) is 1.97. The van der Waals surface area contributed by atoms with Gasteiger partial charge >= 0.3 is 11.9 Å². The molecular formula is C15H19NO5. The van der Waals surface area contributed by atoms with Gasteiger partial charge in [-0.3, -0.25) is 4.79 Å². The molecule has 0 fully saturated rings. The summed E-state index contributed by atoms with van der Waals surface area (Å²) in [6.45, 7) is 4.87. The number of aromatic carboxylic acids is 1. The predicted molar refractivity (Wildman–Crippen MR) is 76.6 cm³/mol. The van der Waals surface area contributed by atoms with Gasteiger partial charge in [-0.05, 0) is 31.5 Å². The highest BCUT2D eigenvalue weighted by Crippen LogP contribution is 2.14. The molecule has 6 nitrogen and oxygen atoms in total. The van der Waals surface area contributed by atoms with Crippen LogP contribution in [0.15, 0.2) is 18.2 Å². The van der Waals surface area contributed by atoms with Gasteiger partial charge in [0.05, 0.1) is 18.2 Å². The molecule has 0 heterocycles. The van der Waals surface area contributed by atoms with Crippen LogP contribution in [0, 0.1) is 0 Å². The van der Waals surface area contributed by atoms with Crippen molar-refractivity contribution < 1.29 is 24.2 Å². The summed E-state index contributed by atoms with van der Waals surface area (Å²) in [6, 6.07) is 3.83. The first-order chi connectivity index (χ1) is 9.94. The summed E-state index contributed by atoms with van der Waals surface area (Å²) in [7, 11) is 1.20. The first kappa shape index (κ1) is 16.7. The van der Waals surface area contributed by atoms with E-state index in [1.54, 1.807) is 4.90 Å². The lowest BCUT2D eigenvalue weighted by atomic mass is 10.0. The summed E-state index contributed by atoms with van der Waals surface area (Å²) in [5.74, 6) is -2.17. The van der Waals surface area contributed by atoms with Crippen LogP contribution in [0.25, 0.3) is 0 Å². The molecule has 0 aromatic heterocycles. The fourth-order valence-corrected chi connectivity index (χ4v) is 1.97. The average molecular weight is 293 g/mol. The Balaban J connectivity index is 3.27.